The minimum Gasteiger partial charge on any atom is -0.356 e. The number of carbonyl (C=O) groups excluding carboxylic acids is 2. The molecule has 21 heavy (non-hydrogen) atoms. The maximum atomic E-state index is 12.6. The molecule has 0 bridgehead atoms. The number of carbonyl (C=O) groups is 2. The molecule has 118 valence electrons. The first-order valence-electron chi connectivity index (χ1n) is 8.80. The predicted molar refractivity (Wildman–Crippen MR) is 81.6 cm³/mol. The zero-order chi connectivity index (χ0) is 14.7. The van der Waals surface area contributed by atoms with Gasteiger partial charge in [-0.1, -0.05) is 19.3 Å². The molecule has 4 nitrogen and oxygen atoms in total. The monoisotopic (exact) mass is 292 g/mol. The maximum Gasteiger partial charge on any atom is 0.225 e. The Labute approximate surface area is 127 Å². The number of likely N-dealkylation sites (tertiary alicyclic amines) is 1. The Morgan fingerprint density at radius 1 is 0.905 bits per heavy atom. The van der Waals surface area contributed by atoms with Crippen molar-refractivity contribution in [3.63, 3.8) is 0 Å². The lowest BCUT2D eigenvalue weighted by Gasteiger charge is -2.35. The van der Waals surface area contributed by atoms with Gasteiger partial charge in [0.15, 0.2) is 0 Å². The third kappa shape index (κ3) is 3.98. The van der Waals surface area contributed by atoms with Crippen LogP contribution in [0.5, 0.6) is 0 Å². The lowest BCUT2D eigenvalue weighted by Crippen LogP contribution is -2.47. The van der Waals surface area contributed by atoms with Crippen LogP contribution in [0.1, 0.15) is 57.8 Å². The molecule has 1 unspecified atom stereocenters. The molecule has 3 fully saturated rings. The van der Waals surface area contributed by atoms with Gasteiger partial charge in [0.2, 0.25) is 11.8 Å². The van der Waals surface area contributed by atoms with E-state index in [1.807, 2.05) is 4.90 Å². The summed E-state index contributed by atoms with van der Waals surface area (Å²) < 4.78 is 0. The Morgan fingerprint density at radius 2 is 1.62 bits per heavy atom. The summed E-state index contributed by atoms with van der Waals surface area (Å²) in [5.74, 6) is 1.45. The van der Waals surface area contributed by atoms with E-state index in [-0.39, 0.29) is 17.7 Å². The Kier molecular flexibility index (Phi) is 4.81. The van der Waals surface area contributed by atoms with Crippen molar-refractivity contribution < 1.29 is 9.59 Å². The average molecular weight is 292 g/mol. The SMILES string of the molecule is O=C(NCC1CC1)C1CCCN(C(=O)C2CCCCC2)C1. The number of nitrogens with zero attached hydrogens (tertiary/aromatic N) is 1. The van der Waals surface area contributed by atoms with Gasteiger partial charge in [0, 0.05) is 25.6 Å². The van der Waals surface area contributed by atoms with Crippen LogP contribution in [0.15, 0.2) is 0 Å². The molecule has 1 saturated heterocycles. The Morgan fingerprint density at radius 3 is 2.33 bits per heavy atom. The number of nitrogens with one attached hydrogen (secondary N) is 1. The van der Waals surface area contributed by atoms with Crippen molar-refractivity contribution in [3.8, 4) is 0 Å². The Bertz CT molecular complexity index is 386. The van der Waals surface area contributed by atoms with Crippen LogP contribution in [-0.4, -0.2) is 36.3 Å². The highest BCUT2D eigenvalue weighted by atomic mass is 16.2. The predicted octanol–water partition coefficient (Wildman–Crippen LogP) is 2.33. The number of rotatable bonds is 4. The van der Waals surface area contributed by atoms with Crippen LogP contribution < -0.4 is 5.32 Å². The van der Waals surface area contributed by atoms with Crippen LogP contribution in [0, 0.1) is 17.8 Å². The quantitative estimate of drug-likeness (QED) is 0.864. The van der Waals surface area contributed by atoms with E-state index in [9.17, 15) is 9.59 Å². The molecule has 3 aliphatic rings. The van der Waals surface area contributed by atoms with Crippen molar-refractivity contribution >= 4 is 11.8 Å². The Hall–Kier alpha value is -1.06. The molecular formula is C17H28N2O2. The molecule has 2 amide bonds. The maximum absolute atomic E-state index is 12.6. The lowest BCUT2D eigenvalue weighted by atomic mass is 9.87. The minimum absolute atomic E-state index is 0.0186. The molecule has 4 heteroatoms. The first kappa shape index (κ1) is 14.9. The third-order valence-electron chi connectivity index (χ3n) is 5.32. The highest BCUT2D eigenvalue weighted by molar-refractivity contribution is 5.82. The van der Waals surface area contributed by atoms with Crippen molar-refractivity contribution in [2.24, 2.45) is 17.8 Å². The van der Waals surface area contributed by atoms with Crippen molar-refractivity contribution in [1.82, 2.24) is 10.2 Å². The molecule has 1 N–H and O–H groups in total. The number of hydrogen-bond acceptors (Lipinski definition) is 2. The van der Waals surface area contributed by atoms with Crippen LogP contribution in [0.3, 0.4) is 0 Å². The van der Waals surface area contributed by atoms with E-state index < -0.39 is 0 Å². The van der Waals surface area contributed by atoms with Crippen molar-refractivity contribution in [1.29, 1.82) is 0 Å². The largest absolute Gasteiger partial charge is 0.356 e. The van der Waals surface area contributed by atoms with Gasteiger partial charge in [0.1, 0.15) is 0 Å². The van der Waals surface area contributed by atoms with E-state index in [0.29, 0.717) is 12.5 Å². The first-order valence-corrected chi connectivity index (χ1v) is 8.80. The number of piperidine rings is 1. The molecule has 1 aliphatic heterocycles. The van der Waals surface area contributed by atoms with Gasteiger partial charge in [-0.05, 0) is 44.4 Å². The fourth-order valence-electron chi connectivity index (χ4n) is 3.71. The summed E-state index contributed by atoms with van der Waals surface area (Å²) in [5, 5.41) is 3.08. The molecule has 0 aromatic rings. The normalized spacial score (nSPS) is 27.4. The van der Waals surface area contributed by atoms with E-state index in [4.69, 9.17) is 0 Å². The molecule has 0 aromatic carbocycles. The average Bonchev–Trinajstić information content (AvgIpc) is 3.37. The molecule has 1 heterocycles. The van der Waals surface area contributed by atoms with Crippen LogP contribution >= 0.6 is 0 Å². The fourth-order valence-corrected chi connectivity index (χ4v) is 3.71. The summed E-state index contributed by atoms with van der Waals surface area (Å²) in [6.45, 7) is 2.33. The van der Waals surface area contributed by atoms with Gasteiger partial charge in [-0.25, -0.2) is 0 Å². The van der Waals surface area contributed by atoms with Gasteiger partial charge >= 0.3 is 0 Å². The van der Waals surface area contributed by atoms with Gasteiger partial charge in [-0.15, -0.1) is 0 Å². The summed E-state index contributed by atoms with van der Waals surface area (Å²) >= 11 is 0. The highest BCUT2D eigenvalue weighted by Gasteiger charge is 2.32. The number of hydrogen-bond donors (Lipinski definition) is 1. The third-order valence-corrected chi connectivity index (χ3v) is 5.32. The smallest absolute Gasteiger partial charge is 0.225 e. The molecule has 0 aromatic heterocycles. The van der Waals surface area contributed by atoms with Crippen LogP contribution in [0.25, 0.3) is 0 Å². The molecule has 2 saturated carbocycles. The zero-order valence-electron chi connectivity index (χ0n) is 13.0. The van der Waals surface area contributed by atoms with Crippen LogP contribution in [0.4, 0.5) is 0 Å². The second kappa shape index (κ2) is 6.80. The second-order valence-electron chi connectivity index (χ2n) is 7.15. The van der Waals surface area contributed by atoms with Gasteiger partial charge < -0.3 is 10.2 Å². The van der Waals surface area contributed by atoms with E-state index in [1.54, 1.807) is 0 Å². The standard InChI is InChI=1S/C17H28N2O2/c20-16(18-11-13-8-9-13)15-7-4-10-19(12-15)17(21)14-5-2-1-3-6-14/h13-15H,1-12H2,(H,18,20). The van der Waals surface area contributed by atoms with Crippen molar-refractivity contribution in [2.75, 3.05) is 19.6 Å². The number of amides is 2. The lowest BCUT2D eigenvalue weighted by molar-refractivity contribution is -0.140. The minimum atomic E-state index is 0.0186. The summed E-state index contributed by atoms with van der Waals surface area (Å²) in [4.78, 5) is 26.8. The van der Waals surface area contributed by atoms with Crippen molar-refractivity contribution in [3.05, 3.63) is 0 Å². The Balaban J connectivity index is 1.49. The molecule has 1 atom stereocenters. The van der Waals surface area contributed by atoms with E-state index in [2.05, 4.69) is 5.32 Å². The molecule has 0 radical (unpaired) electrons. The summed E-state index contributed by atoms with van der Waals surface area (Å²) in [6.07, 6.45) is 10.2. The summed E-state index contributed by atoms with van der Waals surface area (Å²) in [6, 6.07) is 0. The van der Waals surface area contributed by atoms with Gasteiger partial charge in [0.05, 0.1) is 5.92 Å². The van der Waals surface area contributed by atoms with Crippen LogP contribution in [0.2, 0.25) is 0 Å². The van der Waals surface area contributed by atoms with Gasteiger partial charge in [-0.3, -0.25) is 9.59 Å². The first-order chi connectivity index (χ1) is 10.2. The van der Waals surface area contributed by atoms with E-state index in [0.717, 1.165) is 44.7 Å². The van der Waals surface area contributed by atoms with E-state index >= 15 is 0 Å². The molecular weight excluding hydrogens is 264 g/mol. The highest BCUT2D eigenvalue weighted by Crippen LogP contribution is 2.29. The molecule has 3 rings (SSSR count). The topological polar surface area (TPSA) is 49.4 Å². The van der Waals surface area contributed by atoms with Crippen molar-refractivity contribution in [2.45, 2.75) is 57.8 Å². The fraction of sp³-hybridized carbons (Fsp3) is 0.882. The van der Waals surface area contributed by atoms with Gasteiger partial charge in [0.25, 0.3) is 0 Å². The molecule has 2 aliphatic carbocycles. The second-order valence-corrected chi connectivity index (χ2v) is 7.15. The van der Waals surface area contributed by atoms with Gasteiger partial charge in [-0.2, -0.15) is 0 Å². The van der Waals surface area contributed by atoms with E-state index in [1.165, 1.54) is 32.1 Å². The van der Waals surface area contributed by atoms with Crippen LogP contribution in [-0.2, 0) is 9.59 Å². The molecule has 0 spiro atoms. The summed E-state index contributed by atoms with van der Waals surface area (Å²) in [5.41, 5.74) is 0. The summed E-state index contributed by atoms with van der Waals surface area (Å²) in [7, 11) is 0. The zero-order valence-corrected chi connectivity index (χ0v) is 13.0.